The van der Waals surface area contributed by atoms with E-state index in [-0.39, 0.29) is 0 Å². The van der Waals surface area contributed by atoms with Crippen LogP contribution in [-0.4, -0.2) is 34.2 Å². The Morgan fingerprint density at radius 3 is 2.53 bits per heavy atom. The molecule has 0 bridgehead atoms. The Morgan fingerprint density at radius 2 is 1.75 bits per heavy atom. The third-order valence-electron chi connectivity index (χ3n) is 5.07. The van der Waals surface area contributed by atoms with E-state index in [1.54, 1.807) is 6.92 Å². The molecule has 4 aromatic rings. The summed E-state index contributed by atoms with van der Waals surface area (Å²) in [5.74, 6) is 2.78. The van der Waals surface area contributed by atoms with Gasteiger partial charge >= 0.3 is 6.09 Å². The first-order valence-corrected chi connectivity index (χ1v) is 10.3. The third kappa shape index (κ3) is 4.29. The highest BCUT2D eigenvalue weighted by Gasteiger charge is 2.26. The molecule has 0 spiro atoms. The number of nitrogens with zero attached hydrogens (tertiary/aromatic N) is 4. The molecule has 160 valence electrons. The van der Waals surface area contributed by atoms with Crippen molar-refractivity contribution in [2.75, 3.05) is 23.4 Å². The maximum Gasteiger partial charge on any atom is 0.416 e. The summed E-state index contributed by atoms with van der Waals surface area (Å²) in [5.41, 5.74) is 1.04. The van der Waals surface area contributed by atoms with E-state index in [0.29, 0.717) is 37.4 Å². The molecule has 1 aromatic heterocycles. The molecule has 1 N–H and O–H groups in total. The Hall–Kier alpha value is -4.20. The van der Waals surface area contributed by atoms with Crippen molar-refractivity contribution in [3.63, 3.8) is 0 Å². The summed E-state index contributed by atoms with van der Waals surface area (Å²) >= 11 is 0. The van der Waals surface area contributed by atoms with Crippen LogP contribution in [-0.2, 0) is 11.3 Å². The lowest BCUT2D eigenvalue weighted by molar-refractivity contribution is 0.181. The fraction of sp³-hybridized carbons (Fsp3) is 0.167. The second kappa shape index (κ2) is 8.50. The standard InChI is InChI=1S/C24H21N5O3/c1-16-26-22(28-23(27-16)29-12-13-31-24(29)30)25-15-17-6-9-20(10-7-17)32-21-11-8-18-4-2-3-5-19(18)14-21/h2-11,14H,12-13,15H2,1H3,(H,25,26,27,28). The summed E-state index contributed by atoms with van der Waals surface area (Å²) in [4.78, 5) is 26.1. The van der Waals surface area contributed by atoms with Gasteiger partial charge in [-0.15, -0.1) is 0 Å². The Balaban J connectivity index is 1.24. The van der Waals surface area contributed by atoms with Gasteiger partial charge in [0.15, 0.2) is 0 Å². The Morgan fingerprint density at radius 1 is 0.969 bits per heavy atom. The first-order valence-electron chi connectivity index (χ1n) is 10.3. The lowest BCUT2D eigenvalue weighted by Gasteiger charge is -2.13. The summed E-state index contributed by atoms with van der Waals surface area (Å²) < 4.78 is 11.0. The number of anilines is 2. The van der Waals surface area contributed by atoms with Gasteiger partial charge in [-0.05, 0) is 47.5 Å². The number of aryl methyl sites for hydroxylation is 1. The van der Waals surface area contributed by atoms with Gasteiger partial charge in [0.05, 0.1) is 6.54 Å². The van der Waals surface area contributed by atoms with Gasteiger partial charge in [0, 0.05) is 6.54 Å². The minimum absolute atomic E-state index is 0.293. The molecule has 1 fully saturated rings. The number of hydrogen-bond donors (Lipinski definition) is 1. The van der Waals surface area contributed by atoms with Gasteiger partial charge in [-0.1, -0.05) is 42.5 Å². The number of nitrogens with one attached hydrogen (secondary N) is 1. The predicted molar refractivity (Wildman–Crippen MR) is 121 cm³/mol. The second-order valence-corrected chi connectivity index (χ2v) is 7.38. The number of carbonyl (C=O) groups excluding carboxylic acids is 1. The Bertz CT molecular complexity index is 1280. The van der Waals surface area contributed by atoms with E-state index in [4.69, 9.17) is 9.47 Å². The van der Waals surface area contributed by atoms with Crippen molar-refractivity contribution in [1.82, 2.24) is 15.0 Å². The van der Waals surface area contributed by atoms with Crippen LogP contribution in [0.3, 0.4) is 0 Å². The molecular weight excluding hydrogens is 406 g/mol. The molecule has 0 unspecified atom stereocenters. The minimum Gasteiger partial charge on any atom is -0.457 e. The Labute approximate surface area is 184 Å². The lowest BCUT2D eigenvalue weighted by Crippen LogP contribution is -2.26. The highest BCUT2D eigenvalue weighted by atomic mass is 16.6. The molecule has 32 heavy (non-hydrogen) atoms. The highest BCUT2D eigenvalue weighted by Crippen LogP contribution is 2.26. The van der Waals surface area contributed by atoms with Crippen LogP contribution in [0.15, 0.2) is 66.7 Å². The van der Waals surface area contributed by atoms with Crippen LogP contribution < -0.4 is 15.0 Å². The van der Waals surface area contributed by atoms with Crippen LogP contribution in [0, 0.1) is 6.92 Å². The van der Waals surface area contributed by atoms with E-state index < -0.39 is 6.09 Å². The molecular formula is C24H21N5O3. The van der Waals surface area contributed by atoms with Gasteiger partial charge < -0.3 is 14.8 Å². The normalized spacial score (nSPS) is 13.3. The summed E-state index contributed by atoms with van der Waals surface area (Å²) in [6, 6.07) is 22.1. The first kappa shape index (κ1) is 19.7. The quantitative estimate of drug-likeness (QED) is 0.477. The van der Waals surface area contributed by atoms with Gasteiger partial charge in [0.1, 0.15) is 23.9 Å². The minimum atomic E-state index is -0.441. The number of aromatic nitrogens is 3. The molecule has 2 heterocycles. The van der Waals surface area contributed by atoms with Crippen molar-refractivity contribution in [1.29, 1.82) is 0 Å². The molecule has 1 amide bonds. The van der Waals surface area contributed by atoms with Crippen molar-refractivity contribution in [2.45, 2.75) is 13.5 Å². The number of benzene rings is 3. The van der Waals surface area contributed by atoms with Gasteiger partial charge in [-0.2, -0.15) is 15.0 Å². The zero-order valence-electron chi connectivity index (χ0n) is 17.5. The number of carbonyl (C=O) groups is 1. The predicted octanol–water partition coefficient (Wildman–Crippen LogP) is 4.69. The Kier molecular flexibility index (Phi) is 5.25. The second-order valence-electron chi connectivity index (χ2n) is 7.38. The molecule has 8 nitrogen and oxygen atoms in total. The molecule has 0 aliphatic carbocycles. The number of hydrogen-bond acceptors (Lipinski definition) is 7. The lowest BCUT2D eigenvalue weighted by atomic mass is 10.1. The average molecular weight is 427 g/mol. The van der Waals surface area contributed by atoms with E-state index in [2.05, 4.69) is 38.5 Å². The van der Waals surface area contributed by atoms with Crippen LogP contribution in [0.1, 0.15) is 11.4 Å². The van der Waals surface area contributed by atoms with Crippen molar-refractivity contribution < 1.29 is 14.3 Å². The SMILES string of the molecule is Cc1nc(NCc2ccc(Oc3ccc4ccccc4c3)cc2)nc(N2CCOC2=O)n1. The van der Waals surface area contributed by atoms with Crippen molar-refractivity contribution in [3.8, 4) is 11.5 Å². The number of cyclic esters (lactones) is 1. The molecule has 8 heteroatoms. The van der Waals surface area contributed by atoms with Gasteiger partial charge in [0.25, 0.3) is 0 Å². The zero-order valence-corrected chi connectivity index (χ0v) is 17.5. The van der Waals surface area contributed by atoms with Gasteiger partial charge in [0.2, 0.25) is 11.9 Å². The highest BCUT2D eigenvalue weighted by molar-refractivity contribution is 5.87. The molecule has 0 saturated carbocycles. The monoisotopic (exact) mass is 427 g/mol. The maximum absolute atomic E-state index is 11.8. The number of rotatable bonds is 6. The van der Waals surface area contributed by atoms with Crippen molar-refractivity contribution >= 4 is 28.8 Å². The molecule has 1 saturated heterocycles. The van der Waals surface area contributed by atoms with E-state index in [1.165, 1.54) is 10.3 Å². The topological polar surface area (TPSA) is 89.5 Å². The molecule has 3 aromatic carbocycles. The van der Waals surface area contributed by atoms with E-state index in [1.807, 2.05) is 48.5 Å². The fourth-order valence-electron chi connectivity index (χ4n) is 3.47. The molecule has 0 atom stereocenters. The number of amides is 1. The van der Waals surface area contributed by atoms with Crippen LogP contribution in [0.25, 0.3) is 10.8 Å². The molecule has 0 radical (unpaired) electrons. The van der Waals surface area contributed by atoms with Crippen LogP contribution in [0.5, 0.6) is 11.5 Å². The molecule has 1 aliphatic heterocycles. The molecule has 1 aliphatic rings. The maximum atomic E-state index is 11.8. The summed E-state index contributed by atoms with van der Waals surface area (Å²) in [7, 11) is 0. The molecule has 5 rings (SSSR count). The van der Waals surface area contributed by atoms with Gasteiger partial charge in [-0.25, -0.2) is 9.69 Å². The average Bonchev–Trinajstić information content (AvgIpc) is 3.24. The van der Waals surface area contributed by atoms with Crippen LogP contribution >= 0.6 is 0 Å². The van der Waals surface area contributed by atoms with Gasteiger partial charge in [-0.3, -0.25) is 0 Å². The van der Waals surface area contributed by atoms with Crippen molar-refractivity contribution in [3.05, 3.63) is 78.1 Å². The zero-order chi connectivity index (χ0) is 21.9. The third-order valence-corrected chi connectivity index (χ3v) is 5.07. The summed E-state index contributed by atoms with van der Waals surface area (Å²) in [5, 5.41) is 5.51. The largest absolute Gasteiger partial charge is 0.457 e. The van der Waals surface area contributed by atoms with Crippen molar-refractivity contribution in [2.24, 2.45) is 0 Å². The summed E-state index contributed by atoms with van der Waals surface area (Å²) in [6.07, 6.45) is -0.441. The first-order chi connectivity index (χ1) is 15.6. The number of fused-ring (bicyclic) bond motifs is 1. The van der Waals surface area contributed by atoms with Crippen LogP contribution in [0.2, 0.25) is 0 Å². The number of ether oxygens (including phenoxy) is 2. The van der Waals surface area contributed by atoms with E-state index >= 15 is 0 Å². The summed E-state index contributed by atoms with van der Waals surface area (Å²) in [6.45, 7) is 3.04. The van der Waals surface area contributed by atoms with E-state index in [9.17, 15) is 4.79 Å². The smallest absolute Gasteiger partial charge is 0.416 e. The van der Waals surface area contributed by atoms with E-state index in [0.717, 1.165) is 22.4 Å². The fourth-order valence-corrected chi connectivity index (χ4v) is 3.47. The van der Waals surface area contributed by atoms with Crippen LogP contribution in [0.4, 0.5) is 16.7 Å².